The lowest BCUT2D eigenvalue weighted by Crippen LogP contribution is -2.13. The molecule has 0 unspecified atom stereocenters. The zero-order valence-corrected chi connectivity index (χ0v) is 12.0. The second-order valence-corrected chi connectivity index (χ2v) is 5.71. The number of benzene rings is 2. The van der Waals surface area contributed by atoms with Crippen molar-refractivity contribution in [3.05, 3.63) is 53.3 Å². The van der Waals surface area contributed by atoms with Gasteiger partial charge < -0.3 is 5.73 Å². The molecular weight excluding hydrogens is 289 g/mol. The molecule has 1 amide bonds. The van der Waals surface area contributed by atoms with E-state index in [1.165, 1.54) is 29.5 Å². The first kappa shape index (κ1) is 13.5. The molecule has 21 heavy (non-hydrogen) atoms. The Bertz CT molecular complexity index is 844. The number of nitrogens with two attached hydrogens (primary N) is 1. The van der Waals surface area contributed by atoms with Crippen LogP contribution in [0.4, 0.5) is 15.2 Å². The molecule has 3 rings (SSSR count). The van der Waals surface area contributed by atoms with Gasteiger partial charge in [0.2, 0.25) is 0 Å². The third kappa shape index (κ3) is 2.71. The highest BCUT2D eigenvalue weighted by molar-refractivity contribution is 7.22. The van der Waals surface area contributed by atoms with Crippen LogP contribution in [0.15, 0.2) is 36.4 Å². The fourth-order valence-electron chi connectivity index (χ4n) is 1.97. The summed E-state index contributed by atoms with van der Waals surface area (Å²) < 4.78 is 14.6. The van der Waals surface area contributed by atoms with Crippen LogP contribution in [0.3, 0.4) is 0 Å². The summed E-state index contributed by atoms with van der Waals surface area (Å²) in [6, 6.07) is 9.72. The molecule has 0 atom stereocenters. The predicted molar refractivity (Wildman–Crippen MR) is 83.1 cm³/mol. The van der Waals surface area contributed by atoms with Crippen LogP contribution in [0.1, 0.15) is 15.9 Å². The Kier molecular flexibility index (Phi) is 3.31. The van der Waals surface area contributed by atoms with E-state index in [-0.39, 0.29) is 5.56 Å². The van der Waals surface area contributed by atoms with Crippen LogP contribution in [-0.2, 0) is 0 Å². The molecule has 0 fully saturated rings. The lowest BCUT2D eigenvalue weighted by molar-refractivity contribution is 0.102. The van der Waals surface area contributed by atoms with Crippen molar-refractivity contribution in [2.24, 2.45) is 0 Å². The number of nitrogens with zero attached hydrogens (tertiary/aromatic N) is 1. The molecule has 3 N–H and O–H groups in total. The van der Waals surface area contributed by atoms with E-state index in [4.69, 9.17) is 5.73 Å². The Morgan fingerprint density at radius 3 is 2.90 bits per heavy atom. The number of rotatable bonds is 2. The van der Waals surface area contributed by atoms with E-state index in [0.29, 0.717) is 10.8 Å². The van der Waals surface area contributed by atoms with Crippen LogP contribution in [0.25, 0.3) is 10.2 Å². The van der Waals surface area contributed by atoms with Gasteiger partial charge in [0.05, 0.1) is 15.8 Å². The number of thiazole rings is 1. The average molecular weight is 301 g/mol. The zero-order valence-electron chi connectivity index (χ0n) is 11.2. The summed E-state index contributed by atoms with van der Waals surface area (Å²) in [7, 11) is 0. The lowest BCUT2D eigenvalue weighted by Gasteiger charge is -2.03. The van der Waals surface area contributed by atoms with Gasteiger partial charge in [-0.3, -0.25) is 10.1 Å². The van der Waals surface area contributed by atoms with Gasteiger partial charge in [-0.15, -0.1) is 0 Å². The highest BCUT2D eigenvalue weighted by atomic mass is 32.1. The maximum absolute atomic E-state index is 13.6. The topological polar surface area (TPSA) is 68.0 Å². The fourth-order valence-corrected chi connectivity index (χ4v) is 2.93. The summed E-state index contributed by atoms with van der Waals surface area (Å²) in [6.07, 6.45) is 0. The maximum Gasteiger partial charge on any atom is 0.260 e. The molecule has 4 nitrogen and oxygen atoms in total. The first-order chi connectivity index (χ1) is 10.0. The second kappa shape index (κ2) is 5.14. The van der Waals surface area contributed by atoms with E-state index in [9.17, 15) is 9.18 Å². The van der Waals surface area contributed by atoms with Crippen molar-refractivity contribution in [3.8, 4) is 0 Å². The molecule has 0 aliphatic carbocycles. The molecule has 0 aliphatic heterocycles. The van der Waals surface area contributed by atoms with Gasteiger partial charge in [-0.25, -0.2) is 9.37 Å². The minimum absolute atomic E-state index is 0.0922. The van der Waals surface area contributed by atoms with Gasteiger partial charge in [0.1, 0.15) is 5.82 Å². The van der Waals surface area contributed by atoms with Crippen LogP contribution in [0.5, 0.6) is 0 Å². The van der Waals surface area contributed by atoms with Gasteiger partial charge in [0.15, 0.2) is 5.13 Å². The summed E-state index contributed by atoms with van der Waals surface area (Å²) in [5.74, 6) is -1.17. The Hall–Kier alpha value is -2.47. The smallest absolute Gasteiger partial charge is 0.260 e. The second-order valence-electron chi connectivity index (χ2n) is 4.68. The van der Waals surface area contributed by atoms with Crippen LogP contribution >= 0.6 is 11.3 Å². The number of aryl methyl sites for hydroxylation is 1. The minimum Gasteiger partial charge on any atom is -0.399 e. The highest BCUT2D eigenvalue weighted by Gasteiger charge is 2.14. The van der Waals surface area contributed by atoms with Crippen molar-refractivity contribution in [3.63, 3.8) is 0 Å². The summed E-state index contributed by atoms with van der Waals surface area (Å²) in [6.45, 7) is 1.99. The van der Waals surface area contributed by atoms with Crippen LogP contribution in [0, 0.1) is 12.7 Å². The first-order valence-electron chi connectivity index (χ1n) is 6.26. The van der Waals surface area contributed by atoms with Crippen molar-refractivity contribution < 1.29 is 9.18 Å². The molecule has 3 aromatic rings. The van der Waals surface area contributed by atoms with Gasteiger partial charge in [-0.05, 0) is 42.8 Å². The number of carbonyl (C=O) groups is 1. The summed E-state index contributed by atoms with van der Waals surface area (Å²) >= 11 is 1.35. The number of nitrogen functional groups attached to an aromatic ring is 1. The van der Waals surface area contributed by atoms with Crippen molar-refractivity contribution >= 4 is 38.3 Å². The molecule has 106 valence electrons. The molecule has 0 saturated carbocycles. The Morgan fingerprint density at radius 1 is 1.29 bits per heavy atom. The number of hydrogen-bond acceptors (Lipinski definition) is 4. The maximum atomic E-state index is 13.6. The monoisotopic (exact) mass is 301 g/mol. The number of fused-ring (bicyclic) bond motifs is 1. The first-order valence-corrected chi connectivity index (χ1v) is 7.08. The van der Waals surface area contributed by atoms with E-state index < -0.39 is 11.7 Å². The number of aromatic nitrogens is 1. The quantitative estimate of drug-likeness (QED) is 0.711. The largest absolute Gasteiger partial charge is 0.399 e. The molecule has 0 radical (unpaired) electrons. The standard InChI is InChI=1S/C15H12FN3OS/c1-8-2-5-12-13(6-8)21-15(18-12)19-14(20)10-7-9(17)3-4-11(10)16/h2-7H,17H2,1H3,(H,18,19,20). The van der Waals surface area contributed by atoms with Crippen LogP contribution in [0.2, 0.25) is 0 Å². The third-order valence-electron chi connectivity index (χ3n) is 3.00. The van der Waals surface area contributed by atoms with E-state index in [0.717, 1.165) is 15.8 Å². The number of carbonyl (C=O) groups excluding carboxylic acids is 1. The molecule has 0 saturated heterocycles. The number of nitrogens with one attached hydrogen (secondary N) is 1. The normalized spacial score (nSPS) is 10.8. The van der Waals surface area contributed by atoms with Crippen LogP contribution < -0.4 is 11.1 Å². The van der Waals surface area contributed by atoms with Crippen LogP contribution in [-0.4, -0.2) is 10.9 Å². The molecule has 1 aromatic heterocycles. The summed E-state index contributed by atoms with van der Waals surface area (Å²) in [5.41, 5.74) is 7.74. The highest BCUT2D eigenvalue weighted by Crippen LogP contribution is 2.27. The van der Waals surface area contributed by atoms with Gasteiger partial charge >= 0.3 is 0 Å². The fraction of sp³-hybridized carbons (Fsp3) is 0.0667. The van der Waals surface area contributed by atoms with E-state index in [1.807, 2.05) is 25.1 Å². The molecule has 1 heterocycles. The summed E-state index contributed by atoms with van der Waals surface area (Å²) in [5, 5.41) is 3.04. The van der Waals surface area contributed by atoms with Gasteiger partial charge in [0.25, 0.3) is 5.91 Å². The molecule has 2 aromatic carbocycles. The van der Waals surface area contributed by atoms with E-state index in [1.54, 1.807) is 0 Å². The molecule has 6 heteroatoms. The predicted octanol–water partition coefficient (Wildman–Crippen LogP) is 3.58. The molecule has 0 spiro atoms. The summed E-state index contributed by atoms with van der Waals surface area (Å²) in [4.78, 5) is 16.4. The van der Waals surface area contributed by atoms with E-state index in [2.05, 4.69) is 10.3 Å². The zero-order chi connectivity index (χ0) is 15.0. The Morgan fingerprint density at radius 2 is 2.10 bits per heavy atom. The minimum atomic E-state index is -0.612. The Balaban J connectivity index is 1.90. The number of hydrogen-bond donors (Lipinski definition) is 2. The lowest BCUT2D eigenvalue weighted by atomic mass is 10.2. The van der Waals surface area contributed by atoms with E-state index >= 15 is 0 Å². The number of halogens is 1. The SMILES string of the molecule is Cc1ccc2nc(NC(=O)c3cc(N)ccc3F)sc2c1. The van der Waals surface area contributed by atoms with Crippen molar-refractivity contribution in [2.45, 2.75) is 6.92 Å². The van der Waals surface area contributed by atoms with Gasteiger partial charge in [-0.1, -0.05) is 17.4 Å². The third-order valence-corrected chi connectivity index (χ3v) is 3.93. The van der Waals surface area contributed by atoms with Crippen molar-refractivity contribution in [2.75, 3.05) is 11.1 Å². The molecule has 0 aliphatic rings. The molecular formula is C15H12FN3OS. The average Bonchev–Trinajstić information content (AvgIpc) is 2.82. The molecule has 0 bridgehead atoms. The Labute approximate surface area is 124 Å². The number of anilines is 2. The van der Waals surface area contributed by atoms with Gasteiger partial charge in [-0.2, -0.15) is 0 Å². The van der Waals surface area contributed by atoms with Gasteiger partial charge in [0, 0.05) is 5.69 Å². The number of amides is 1. The van der Waals surface area contributed by atoms with Crippen molar-refractivity contribution in [1.29, 1.82) is 0 Å². The van der Waals surface area contributed by atoms with Crippen molar-refractivity contribution in [1.82, 2.24) is 4.98 Å².